The predicted octanol–water partition coefficient (Wildman–Crippen LogP) is 22.4. The van der Waals surface area contributed by atoms with Crippen LogP contribution in [0.3, 0.4) is 0 Å². The molecular weight excluding hydrogens is 1010 g/mol. The summed E-state index contributed by atoms with van der Waals surface area (Å²) < 4.78 is 27.1. The average molecular weight is 1070 g/mol. The van der Waals surface area contributed by atoms with E-state index in [0.29, 0.717) is 0 Å². The molecule has 0 fully saturated rings. The summed E-state index contributed by atoms with van der Waals surface area (Å²) in [6.45, 7) is 9.59. The second-order valence-electron chi connectivity index (χ2n) is 23.8. The largest absolute Gasteiger partial charge is 0.456 e. The van der Waals surface area contributed by atoms with Crippen molar-refractivity contribution in [3.8, 4) is 55.6 Å². The lowest BCUT2D eigenvalue weighted by molar-refractivity contribution is 0.657. The lowest BCUT2D eigenvalue weighted by atomic mass is 9.80. The molecule has 0 bridgehead atoms. The van der Waals surface area contributed by atoms with Crippen molar-refractivity contribution in [2.45, 2.75) is 38.5 Å². The van der Waals surface area contributed by atoms with Crippen LogP contribution in [0.15, 0.2) is 254 Å². The Bertz CT molecular complexity index is 5170. The number of fused-ring (bicyclic) bond motifs is 20. The Balaban J connectivity index is 0.853. The molecule has 0 saturated carbocycles. The highest BCUT2D eigenvalue weighted by Gasteiger charge is 2.42. The third kappa shape index (κ3) is 6.31. The van der Waals surface area contributed by atoms with Crippen molar-refractivity contribution in [1.82, 2.24) is 0 Å². The molecule has 4 heterocycles. The van der Waals surface area contributed by atoms with Crippen LogP contribution in [0, 0.1) is 0 Å². The third-order valence-corrected chi connectivity index (χ3v) is 18.7. The predicted molar refractivity (Wildman–Crippen MR) is 342 cm³/mol. The zero-order valence-electron chi connectivity index (χ0n) is 46.1. The van der Waals surface area contributed by atoms with Crippen molar-refractivity contribution < 1.29 is 17.7 Å². The summed E-state index contributed by atoms with van der Waals surface area (Å²) in [4.78, 5) is 2.50. The first-order valence-corrected chi connectivity index (χ1v) is 28.7. The van der Waals surface area contributed by atoms with Crippen LogP contribution in [0.2, 0.25) is 0 Å². The molecule has 18 rings (SSSR count). The van der Waals surface area contributed by atoms with Gasteiger partial charge in [-0.05, 0) is 140 Å². The van der Waals surface area contributed by atoms with Gasteiger partial charge in [-0.3, -0.25) is 0 Å². The molecule has 0 amide bonds. The van der Waals surface area contributed by atoms with Gasteiger partial charge in [0.2, 0.25) is 0 Å². The first kappa shape index (κ1) is 46.4. The van der Waals surface area contributed by atoms with Crippen LogP contribution in [0.4, 0.5) is 17.1 Å². The zero-order valence-corrected chi connectivity index (χ0v) is 46.1. The molecule has 0 radical (unpaired) electrons. The van der Waals surface area contributed by atoms with Crippen LogP contribution in [0.5, 0.6) is 0 Å². The van der Waals surface area contributed by atoms with Crippen molar-refractivity contribution in [1.29, 1.82) is 0 Å². The smallest absolute Gasteiger partial charge is 0.143 e. The molecule has 0 N–H and O–H groups in total. The number of benzene rings is 12. The molecule has 16 aromatic rings. The van der Waals surface area contributed by atoms with E-state index in [1.807, 2.05) is 12.1 Å². The van der Waals surface area contributed by atoms with Gasteiger partial charge in [0.05, 0.1) is 5.69 Å². The fourth-order valence-electron chi connectivity index (χ4n) is 14.8. The first-order chi connectivity index (χ1) is 40.7. The van der Waals surface area contributed by atoms with E-state index in [0.717, 1.165) is 138 Å². The zero-order chi connectivity index (χ0) is 55.0. The third-order valence-electron chi connectivity index (χ3n) is 18.7. The number of para-hydroxylation sites is 5. The molecule has 0 atom stereocenters. The second kappa shape index (κ2) is 16.6. The molecule has 0 aliphatic heterocycles. The minimum atomic E-state index is -0.413. The number of hydrogen-bond donors (Lipinski definition) is 0. The van der Waals surface area contributed by atoms with Crippen LogP contribution >= 0.6 is 0 Å². The summed E-state index contributed by atoms with van der Waals surface area (Å²) in [6, 6.07) is 85.5. The fraction of sp³-hybridized carbons (Fsp3) is 0.0769. The van der Waals surface area contributed by atoms with Gasteiger partial charge in [-0.25, -0.2) is 0 Å². The van der Waals surface area contributed by atoms with Crippen molar-refractivity contribution in [3.63, 3.8) is 0 Å². The van der Waals surface area contributed by atoms with Gasteiger partial charge in [-0.15, -0.1) is 0 Å². The molecule has 12 aromatic carbocycles. The lowest BCUT2D eigenvalue weighted by Gasteiger charge is -2.31. The van der Waals surface area contributed by atoms with Crippen LogP contribution in [0.1, 0.15) is 49.9 Å². The van der Waals surface area contributed by atoms with Crippen LogP contribution in [-0.2, 0) is 10.8 Å². The highest BCUT2D eigenvalue weighted by atomic mass is 16.3. The number of rotatable bonds is 6. The van der Waals surface area contributed by atoms with Crippen LogP contribution in [-0.4, -0.2) is 0 Å². The maximum Gasteiger partial charge on any atom is 0.143 e. The Morgan fingerprint density at radius 2 is 0.663 bits per heavy atom. The van der Waals surface area contributed by atoms with Crippen molar-refractivity contribution in [2.24, 2.45) is 0 Å². The minimum absolute atomic E-state index is 0.413. The maximum atomic E-state index is 7.04. The molecular formula is C78H51NO4. The van der Waals surface area contributed by atoms with E-state index in [9.17, 15) is 0 Å². The number of furan rings is 4. The average Bonchev–Trinajstić information content (AvgIpc) is 1.77. The minimum Gasteiger partial charge on any atom is -0.456 e. The van der Waals surface area contributed by atoms with E-state index < -0.39 is 10.8 Å². The van der Waals surface area contributed by atoms with Crippen LogP contribution in [0.25, 0.3) is 143 Å². The number of nitrogens with zero attached hydrogens (tertiary/aromatic N) is 1. The van der Waals surface area contributed by atoms with E-state index in [4.69, 9.17) is 17.7 Å². The van der Waals surface area contributed by atoms with Crippen molar-refractivity contribution in [3.05, 3.63) is 259 Å². The van der Waals surface area contributed by atoms with Gasteiger partial charge in [0.25, 0.3) is 0 Å². The molecule has 392 valence electrons. The Kier molecular flexibility index (Phi) is 9.29. The molecule has 4 aromatic heterocycles. The maximum absolute atomic E-state index is 7.04. The van der Waals surface area contributed by atoms with Crippen LogP contribution < -0.4 is 4.90 Å². The monoisotopic (exact) mass is 1070 g/mol. The number of anilines is 3. The molecule has 5 heteroatoms. The van der Waals surface area contributed by atoms with Gasteiger partial charge < -0.3 is 22.6 Å². The molecule has 2 aliphatic carbocycles. The summed E-state index contributed by atoms with van der Waals surface area (Å²) in [6.07, 6.45) is 0. The molecule has 5 nitrogen and oxygen atoms in total. The molecule has 0 saturated heterocycles. The van der Waals surface area contributed by atoms with Gasteiger partial charge in [-0.1, -0.05) is 185 Å². The summed E-state index contributed by atoms with van der Waals surface area (Å²) in [7, 11) is 0. The van der Waals surface area contributed by atoms with Gasteiger partial charge in [0.1, 0.15) is 44.7 Å². The van der Waals surface area contributed by atoms with Gasteiger partial charge in [0.15, 0.2) is 0 Å². The van der Waals surface area contributed by atoms with E-state index in [2.05, 4.69) is 257 Å². The first-order valence-electron chi connectivity index (χ1n) is 28.7. The summed E-state index contributed by atoms with van der Waals surface area (Å²) in [5.74, 6) is 0. The standard InChI is InChI=1S/C78H51NO4/c1-77(2)58-40-45(36-38-50(58)71-60(77)42-56(75-73(71)54-25-11-16-32-65(54)82-75)48-27-18-34-67-69(48)52-23-9-14-30-63(52)80-67)79(62-29-13-8-22-47(62)44-20-6-5-7-21-44)46-37-39-51-59(41-46)78(3,4)61-43-57(76-74(72(51)61)55-26-12-17-33-66(55)83-76)49-28-19-35-68-70(49)53-24-10-15-31-64(53)81-68/h5-43H,1-4H3. The summed E-state index contributed by atoms with van der Waals surface area (Å²) >= 11 is 0. The highest BCUT2D eigenvalue weighted by molar-refractivity contribution is 6.24. The van der Waals surface area contributed by atoms with Gasteiger partial charge >= 0.3 is 0 Å². The SMILES string of the molecule is CC1(C)c2cc(N(c3ccc4c(c3)C(C)(C)c3cc(-c5cccc6oc7ccccc7c56)c5oc6ccccc6c5c3-4)c3ccccc3-c3ccccc3)ccc2-c2c1cc(-c1cccc3oc4ccccc4c13)c1oc3ccccc3c21. The normalized spacial score (nSPS) is 14.0. The molecule has 0 unspecified atom stereocenters. The van der Waals surface area contributed by atoms with Gasteiger partial charge in [-0.2, -0.15) is 0 Å². The van der Waals surface area contributed by atoms with E-state index in [-0.39, 0.29) is 0 Å². The van der Waals surface area contributed by atoms with E-state index in [1.54, 1.807) is 0 Å². The van der Waals surface area contributed by atoms with E-state index in [1.165, 1.54) is 44.5 Å². The Morgan fingerprint density at radius 1 is 0.277 bits per heavy atom. The van der Waals surface area contributed by atoms with Gasteiger partial charge in [0, 0.05) is 82.0 Å². The molecule has 2 aliphatic rings. The van der Waals surface area contributed by atoms with E-state index >= 15 is 0 Å². The molecule has 0 spiro atoms. The molecule has 83 heavy (non-hydrogen) atoms. The second-order valence-corrected chi connectivity index (χ2v) is 23.8. The van der Waals surface area contributed by atoms with Crippen molar-refractivity contribution >= 4 is 105 Å². The Morgan fingerprint density at radius 3 is 1.14 bits per heavy atom. The fourth-order valence-corrected chi connectivity index (χ4v) is 14.8. The summed E-state index contributed by atoms with van der Waals surface area (Å²) in [5.41, 5.74) is 26.0. The Hall–Kier alpha value is -10.4. The lowest BCUT2D eigenvalue weighted by Crippen LogP contribution is -2.18. The topological polar surface area (TPSA) is 55.8 Å². The van der Waals surface area contributed by atoms with Crippen molar-refractivity contribution in [2.75, 3.05) is 4.90 Å². The quantitative estimate of drug-likeness (QED) is 0.166. The Labute approximate surface area is 477 Å². The number of hydrogen-bond acceptors (Lipinski definition) is 5. The highest BCUT2D eigenvalue weighted by Crippen LogP contribution is 2.60. The summed E-state index contributed by atoms with van der Waals surface area (Å²) in [5, 5.41) is 8.87.